The minimum Gasteiger partial charge on any atom is -0.492 e. The summed E-state index contributed by atoms with van der Waals surface area (Å²) >= 11 is 0. The summed E-state index contributed by atoms with van der Waals surface area (Å²) in [6.45, 7) is 4.73. The number of anilines is 1. The highest BCUT2D eigenvalue weighted by atomic mass is 16.5. The first-order valence-corrected chi connectivity index (χ1v) is 4.82. The smallest absolute Gasteiger partial charge is 0.147 e. The highest BCUT2D eigenvalue weighted by Gasteiger charge is 2.09. The molecule has 4 heteroatoms. The Labute approximate surface area is 89.2 Å². The molecule has 1 aromatic carbocycles. The largest absolute Gasteiger partial charge is 0.492 e. The normalized spacial score (nSPS) is 9.40. The third kappa shape index (κ3) is 2.53. The molecule has 0 saturated carbocycles. The maximum absolute atomic E-state index is 8.81. The molecular formula is C11H14N2O2. The van der Waals surface area contributed by atoms with E-state index < -0.39 is 0 Å². The summed E-state index contributed by atoms with van der Waals surface area (Å²) in [4.78, 5) is 0. The first-order chi connectivity index (χ1) is 7.22. The van der Waals surface area contributed by atoms with Crippen LogP contribution >= 0.6 is 0 Å². The maximum atomic E-state index is 8.81. The molecule has 2 N–H and O–H groups in total. The van der Waals surface area contributed by atoms with Crippen molar-refractivity contribution in [2.45, 2.75) is 13.8 Å². The molecule has 15 heavy (non-hydrogen) atoms. The Bertz CT molecular complexity index is 356. The lowest BCUT2D eigenvalue weighted by atomic mass is 10.2. The molecule has 4 nitrogen and oxygen atoms in total. The summed E-state index contributed by atoms with van der Waals surface area (Å²) in [5.41, 5.74) is 6.74. The van der Waals surface area contributed by atoms with Crippen LogP contribution in [0.4, 0.5) is 5.69 Å². The summed E-state index contributed by atoms with van der Waals surface area (Å²) in [7, 11) is 0. The summed E-state index contributed by atoms with van der Waals surface area (Å²) < 4.78 is 10.6. The van der Waals surface area contributed by atoms with Crippen LogP contribution in [0.1, 0.15) is 19.4 Å². The van der Waals surface area contributed by atoms with Crippen molar-refractivity contribution in [2.24, 2.45) is 0 Å². The van der Waals surface area contributed by atoms with Gasteiger partial charge in [-0.2, -0.15) is 5.26 Å². The molecular weight excluding hydrogens is 192 g/mol. The minimum absolute atomic E-state index is 0.442. The molecule has 0 bridgehead atoms. The summed E-state index contributed by atoms with van der Waals surface area (Å²) in [6.07, 6.45) is 0. The number of hydrogen-bond acceptors (Lipinski definition) is 4. The molecule has 1 rings (SSSR count). The Hall–Kier alpha value is -1.89. The van der Waals surface area contributed by atoms with E-state index >= 15 is 0 Å². The minimum atomic E-state index is 0.442. The Morgan fingerprint density at radius 2 is 1.67 bits per heavy atom. The molecule has 0 aliphatic heterocycles. The standard InChI is InChI=1S/C11H14N2O2/c1-3-14-9-5-8(7-12)6-10(11(9)13)15-4-2/h5-6H,3-4,13H2,1-2H3. The predicted molar refractivity (Wildman–Crippen MR) is 57.9 cm³/mol. The first-order valence-electron chi connectivity index (χ1n) is 4.82. The average molecular weight is 206 g/mol. The molecule has 0 heterocycles. The van der Waals surface area contributed by atoms with Crippen molar-refractivity contribution >= 4 is 5.69 Å². The van der Waals surface area contributed by atoms with Crippen LogP contribution in [0.2, 0.25) is 0 Å². The van der Waals surface area contributed by atoms with Gasteiger partial charge in [0.15, 0.2) is 0 Å². The lowest BCUT2D eigenvalue weighted by molar-refractivity contribution is 0.326. The Morgan fingerprint density at radius 1 is 1.20 bits per heavy atom. The van der Waals surface area contributed by atoms with E-state index in [9.17, 15) is 0 Å². The second kappa shape index (κ2) is 5.11. The highest BCUT2D eigenvalue weighted by molar-refractivity contribution is 5.65. The van der Waals surface area contributed by atoms with Gasteiger partial charge in [-0.05, 0) is 13.8 Å². The molecule has 0 fully saturated rings. The monoisotopic (exact) mass is 206 g/mol. The number of nitrogens with two attached hydrogens (primary N) is 1. The van der Waals surface area contributed by atoms with Crippen molar-refractivity contribution in [1.29, 1.82) is 5.26 Å². The van der Waals surface area contributed by atoms with Gasteiger partial charge in [-0.3, -0.25) is 0 Å². The van der Waals surface area contributed by atoms with E-state index in [1.54, 1.807) is 12.1 Å². The Morgan fingerprint density at radius 3 is 2.00 bits per heavy atom. The summed E-state index contributed by atoms with van der Waals surface area (Å²) in [6, 6.07) is 5.26. The van der Waals surface area contributed by atoms with Gasteiger partial charge in [-0.15, -0.1) is 0 Å². The Balaban J connectivity index is 3.15. The molecule has 0 spiro atoms. The van der Waals surface area contributed by atoms with Crippen LogP contribution in [0.3, 0.4) is 0 Å². The van der Waals surface area contributed by atoms with Gasteiger partial charge in [0.2, 0.25) is 0 Å². The van der Waals surface area contributed by atoms with E-state index in [-0.39, 0.29) is 0 Å². The zero-order valence-electron chi connectivity index (χ0n) is 8.91. The van der Waals surface area contributed by atoms with Gasteiger partial charge >= 0.3 is 0 Å². The van der Waals surface area contributed by atoms with Crippen molar-refractivity contribution in [2.75, 3.05) is 18.9 Å². The molecule has 0 radical (unpaired) electrons. The Kier molecular flexibility index (Phi) is 3.81. The van der Waals surface area contributed by atoms with Crippen LogP contribution in [-0.2, 0) is 0 Å². The molecule has 0 aliphatic carbocycles. The maximum Gasteiger partial charge on any atom is 0.147 e. The van der Waals surface area contributed by atoms with Crippen LogP contribution in [0, 0.1) is 11.3 Å². The lowest BCUT2D eigenvalue weighted by Gasteiger charge is -2.12. The number of nitrogen functional groups attached to an aromatic ring is 1. The quantitative estimate of drug-likeness (QED) is 0.764. The van der Waals surface area contributed by atoms with Crippen molar-refractivity contribution in [3.8, 4) is 17.6 Å². The van der Waals surface area contributed by atoms with Gasteiger partial charge in [-0.25, -0.2) is 0 Å². The van der Waals surface area contributed by atoms with E-state index in [2.05, 4.69) is 0 Å². The fourth-order valence-electron chi connectivity index (χ4n) is 1.22. The topological polar surface area (TPSA) is 68.3 Å². The van der Waals surface area contributed by atoms with Crippen molar-refractivity contribution in [1.82, 2.24) is 0 Å². The third-order valence-corrected chi connectivity index (χ3v) is 1.83. The molecule has 0 unspecified atom stereocenters. The molecule has 0 aliphatic rings. The number of nitriles is 1. The van der Waals surface area contributed by atoms with E-state index in [0.717, 1.165) is 0 Å². The van der Waals surface area contributed by atoms with E-state index in [1.807, 2.05) is 19.9 Å². The fourth-order valence-corrected chi connectivity index (χ4v) is 1.22. The van der Waals surface area contributed by atoms with E-state index in [4.69, 9.17) is 20.5 Å². The van der Waals surface area contributed by atoms with Crippen LogP contribution in [0.25, 0.3) is 0 Å². The van der Waals surface area contributed by atoms with Gasteiger partial charge in [0.25, 0.3) is 0 Å². The van der Waals surface area contributed by atoms with Gasteiger partial charge in [0.1, 0.15) is 17.2 Å². The average Bonchev–Trinajstić information content (AvgIpc) is 2.24. The summed E-state index contributed by atoms with van der Waals surface area (Å²) in [5, 5.41) is 8.81. The number of hydrogen-bond donors (Lipinski definition) is 1. The SMILES string of the molecule is CCOc1cc(C#N)cc(OCC)c1N. The zero-order valence-corrected chi connectivity index (χ0v) is 8.91. The van der Waals surface area contributed by atoms with Crippen LogP contribution in [-0.4, -0.2) is 13.2 Å². The molecule has 0 saturated heterocycles. The second-order valence-electron chi connectivity index (χ2n) is 2.86. The molecule has 0 atom stereocenters. The number of benzene rings is 1. The van der Waals surface area contributed by atoms with Crippen molar-refractivity contribution in [3.05, 3.63) is 17.7 Å². The fraction of sp³-hybridized carbons (Fsp3) is 0.364. The van der Waals surface area contributed by atoms with Gasteiger partial charge in [0, 0.05) is 12.1 Å². The van der Waals surface area contributed by atoms with E-state index in [1.165, 1.54) is 0 Å². The molecule has 80 valence electrons. The number of ether oxygens (including phenoxy) is 2. The van der Waals surface area contributed by atoms with Crippen LogP contribution < -0.4 is 15.2 Å². The molecule has 0 aromatic heterocycles. The third-order valence-electron chi connectivity index (χ3n) is 1.83. The predicted octanol–water partition coefficient (Wildman–Crippen LogP) is 1.94. The lowest BCUT2D eigenvalue weighted by Crippen LogP contribution is -2.02. The van der Waals surface area contributed by atoms with Crippen LogP contribution in [0.5, 0.6) is 11.5 Å². The zero-order chi connectivity index (χ0) is 11.3. The number of nitrogens with zero attached hydrogens (tertiary/aromatic N) is 1. The number of rotatable bonds is 4. The molecule has 1 aromatic rings. The van der Waals surface area contributed by atoms with E-state index in [0.29, 0.717) is 36.0 Å². The first kappa shape index (κ1) is 11.2. The molecule has 0 amide bonds. The van der Waals surface area contributed by atoms with Gasteiger partial charge < -0.3 is 15.2 Å². The van der Waals surface area contributed by atoms with Gasteiger partial charge in [0.05, 0.1) is 24.8 Å². The van der Waals surface area contributed by atoms with Crippen molar-refractivity contribution < 1.29 is 9.47 Å². The van der Waals surface area contributed by atoms with Crippen LogP contribution in [0.15, 0.2) is 12.1 Å². The van der Waals surface area contributed by atoms with Gasteiger partial charge in [-0.1, -0.05) is 0 Å². The van der Waals surface area contributed by atoms with Crippen molar-refractivity contribution in [3.63, 3.8) is 0 Å². The highest BCUT2D eigenvalue weighted by Crippen LogP contribution is 2.33. The summed E-state index contributed by atoms with van der Waals surface area (Å²) in [5.74, 6) is 1.00. The second-order valence-corrected chi connectivity index (χ2v) is 2.86.